The number of aromatic nitrogens is 5. The first-order valence-electron chi connectivity index (χ1n) is 18.7. The Bertz CT molecular complexity index is 2590. The minimum Gasteiger partial charge on any atom is -0.493 e. The number of nitrogens with zero attached hydrogens (tertiary/aromatic N) is 5. The lowest BCUT2D eigenvalue weighted by Gasteiger charge is -2.26. The number of nitrogens with one attached hydrogen (secondary N) is 4. The third-order valence-corrected chi connectivity index (χ3v) is 11.8. The maximum atomic E-state index is 15.5. The number of pyridine rings is 1. The highest BCUT2D eigenvalue weighted by molar-refractivity contribution is 7.98. The predicted molar refractivity (Wildman–Crippen MR) is 208 cm³/mol. The number of rotatable bonds is 15. The third-order valence-electron chi connectivity index (χ3n) is 10.4. The van der Waals surface area contributed by atoms with Crippen LogP contribution in [0.3, 0.4) is 0 Å². The van der Waals surface area contributed by atoms with Crippen LogP contribution in [0.25, 0.3) is 16.9 Å². The SMILES string of the molecule is N=C(NSC1CC1)c1c(Cl)ccc(-n2c(C(Cc3cc(F)cc(F)c3)NC(=O)Cn3nc(C(F)F)c4c3C(F)(F)C3CC43)nc(-c3ccc(O)nc3)cc2=O)c1NCC(F)F. The van der Waals surface area contributed by atoms with Gasteiger partial charge in [0, 0.05) is 53.1 Å². The third kappa shape index (κ3) is 8.49. The fourth-order valence-electron chi connectivity index (χ4n) is 7.52. The van der Waals surface area contributed by atoms with E-state index in [0.29, 0.717) is 10.7 Å². The van der Waals surface area contributed by atoms with E-state index >= 15 is 8.78 Å². The van der Waals surface area contributed by atoms with E-state index in [-0.39, 0.29) is 61.9 Å². The lowest BCUT2D eigenvalue weighted by atomic mass is 10.0. The molecule has 2 fully saturated rings. The maximum Gasteiger partial charge on any atom is 0.293 e. The molecule has 3 aromatic heterocycles. The molecule has 0 saturated heterocycles. The number of halogens is 9. The minimum absolute atomic E-state index is 0.0323. The van der Waals surface area contributed by atoms with Gasteiger partial charge in [0.05, 0.1) is 40.2 Å². The van der Waals surface area contributed by atoms with Crippen LogP contribution in [0.15, 0.2) is 59.5 Å². The van der Waals surface area contributed by atoms with Gasteiger partial charge in [-0.25, -0.2) is 36.3 Å². The Morgan fingerprint density at radius 1 is 1.07 bits per heavy atom. The molecule has 3 heterocycles. The van der Waals surface area contributed by atoms with Crippen molar-refractivity contribution < 1.29 is 45.0 Å². The van der Waals surface area contributed by atoms with Crippen molar-refractivity contribution in [2.75, 3.05) is 11.9 Å². The van der Waals surface area contributed by atoms with Gasteiger partial charge >= 0.3 is 0 Å². The van der Waals surface area contributed by atoms with E-state index in [1.807, 2.05) is 0 Å². The number of amidine groups is 1. The molecule has 320 valence electrons. The van der Waals surface area contributed by atoms with Crippen molar-refractivity contribution >= 4 is 41.0 Å². The van der Waals surface area contributed by atoms with Crippen molar-refractivity contribution in [2.45, 2.75) is 68.2 Å². The second-order valence-electron chi connectivity index (χ2n) is 14.7. The van der Waals surface area contributed by atoms with E-state index in [1.54, 1.807) is 0 Å². The smallest absolute Gasteiger partial charge is 0.293 e. The number of fused-ring (bicyclic) bond motifs is 3. The molecule has 5 N–H and O–H groups in total. The van der Waals surface area contributed by atoms with Gasteiger partial charge in [0.2, 0.25) is 11.8 Å². The largest absolute Gasteiger partial charge is 0.493 e. The van der Waals surface area contributed by atoms with Crippen molar-refractivity contribution in [3.05, 3.63) is 116 Å². The van der Waals surface area contributed by atoms with Gasteiger partial charge in [-0.3, -0.25) is 24.2 Å². The molecule has 22 heteroatoms. The normalized spacial score (nSPS) is 17.9. The standard InChI is InChI=1S/C39H32ClF8N9O3S/c40-23-4-5-26(33(51-14-27(43)44)32(23)37(49)55-61-20-2-3-20)57-30(60)12-24(17-1-6-28(58)50-13-17)53-38(57)25(9-16-7-18(41)10-19(42)8-16)52-29(59)15-56-35-31(34(54-56)36(45)46)21-11-22(21)39(35,47)48/h1,4-8,10,12-13,20-22,25,27,36,51H,2-3,9,11,14-15H2,(H2,49,55)(H,50,58)(H,52,59). The summed E-state index contributed by atoms with van der Waals surface area (Å²) in [5.41, 5.74) is -3.66. The van der Waals surface area contributed by atoms with Gasteiger partial charge in [0.25, 0.3) is 24.3 Å². The molecule has 3 aliphatic carbocycles. The molecule has 61 heavy (non-hydrogen) atoms. The van der Waals surface area contributed by atoms with Gasteiger partial charge in [0.1, 0.15) is 41.2 Å². The van der Waals surface area contributed by atoms with Gasteiger partial charge in [-0.2, -0.15) is 13.9 Å². The minimum atomic E-state index is -3.58. The zero-order chi connectivity index (χ0) is 43.5. The number of anilines is 1. The molecule has 1 amide bonds. The molecule has 0 aliphatic heterocycles. The molecule has 2 aromatic carbocycles. The summed E-state index contributed by atoms with van der Waals surface area (Å²) in [4.78, 5) is 37.0. The number of carbonyl (C=O) groups is 1. The van der Waals surface area contributed by atoms with Crippen LogP contribution in [-0.4, -0.2) is 59.4 Å². The molecule has 3 atom stereocenters. The summed E-state index contributed by atoms with van der Waals surface area (Å²) in [6.45, 7) is -2.04. The van der Waals surface area contributed by atoms with Gasteiger partial charge in [-0.15, -0.1) is 0 Å². The predicted octanol–water partition coefficient (Wildman–Crippen LogP) is 7.78. The van der Waals surface area contributed by atoms with Gasteiger partial charge in [-0.05, 0) is 73.0 Å². The van der Waals surface area contributed by atoms with Crippen LogP contribution in [0.5, 0.6) is 5.88 Å². The highest BCUT2D eigenvalue weighted by Gasteiger charge is 2.67. The van der Waals surface area contributed by atoms with E-state index in [9.17, 15) is 41.0 Å². The van der Waals surface area contributed by atoms with E-state index in [1.165, 1.54) is 36.2 Å². The van der Waals surface area contributed by atoms with Gasteiger partial charge in [-0.1, -0.05) is 11.6 Å². The van der Waals surface area contributed by atoms with E-state index in [2.05, 4.69) is 30.4 Å². The Hall–Kier alpha value is -5.70. The van der Waals surface area contributed by atoms with Crippen LogP contribution in [0, 0.1) is 23.0 Å². The summed E-state index contributed by atoms with van der Waals surface area (Å²) in [5.74, 6) is -10.00. The van der Waals surface area contributed by atoms with Crippen LogP contribution in [0.2, 0.25) is 5.02 Å². The van der Waals surface area contributed by atoms with Crippen molar-refractivity contribution in [3.63, 3.8) is 0 Å². The fourth-order valence-corrected chi connectivity index (χ4v) is 8.53. The van der Waals surface area contributed by atoms with E-state index in [4.69, 9.17) is 17.0 Å². The van der Waals surface area contributed by atoms with Crippen LogP contribution in [-0.2, 0) is 23.7 Å². The topological polar surface area (TPSA) is 163 Å². The summed E-state index contributed by atoms with van der Waals surface area (Å²) in [6.07, 6.45) is -3.89. The second kappa shape index (κ2) is 16.3. The number of benzene rings is 2. The summed E-state index contributed by atoms with van der Waals surface area (Å²) < 4.78 is 120. The Labute approximate surface area is 349 Å². The number of hydrogen-bond acceptors (Lipinski definition) is 9. The summed E-state index contributed by atoms with van der Waals surface area (Å²) >= 11 is 7.79. The van der Waals surface area contributed by atoms with E-state index < -0.39 is 102 Å². The Kier molecular flexibility index (Phi) is 11.2. The number of carbonyl (C=O) groups excluding carboxylic acids is 1. The van der Waals surface area contributed by atoms with Crippen molar-refractivity contribution in [2.24, 2.45) is 5.92 Å². The first-order chi connectivity index (χ1) is 29.0. The first-order valence-corrected chi connectivity index (χ1v) is 19.9. The van der Waals surface area contributed by atoms with E-state index in [0.717, 1.165) is 41.8 Å². The Balaban J connectivity index is 1.29. The van der Waals surface area contributed by atoms with Crippen LogP contribution in [0.4, 0.5) is 40.8 Å². The highest BCUT2D eigenvalue weighted by atomic mass is 35.5. The molecular formula is C39H32ClF8N9O3S. The lowest BCUT2D eigenvalue weighted by Crippen LogP contribution is -2.38. The average molecular weight is 894 g/mol. The molecule has 0 spiro atoms. The van der Waals surface area contributed by atoms with Crippen LogP contribution in [0.1, 0.15) is 71.6 Å². The highest BCUT2D eigenvalue weighted by Crippen LogP contribution is 2.68. The Morgan fingerprint density at radius 3 is 2.46 bits per heavy atom. The monoisotopic (exact) mass is 893 g/mol. The molecule has 5 aromatic rings. The number of alkyl halides is 6. The fraction of sp³-hybridized carbons (Fsp3) is 0.333. The summed E-state index contributed by atoms with van der Waals surface area (Å²) in [6, 6.07) is 6.86. The summed E-state index contributed by atoms with van der Waals surface area (Å²) in [7, 11) is 0. The molecule has 0 bridgehead atoms. The molecule has 8 rings (SSSR count). The average Bonchev–Trinajstić information content (AvgIpc) is 4.12. The molecular weight excluding hydrogens is 862 g/mol. The molecule has 0 radical (unpaired) electrons. The van der Waals surface area contributed by atoms with Gasteiger partial charge in [0.15, 0.2) is 0 Å². The van der Waals surface area contributed by atoms with Crippen LogP contribution < -0.4 is 20.9 Å². The molecule has 3 aliphatic rings. The number of amides is 1. The quantitative estimate of drug-likeness (QED) is 0.0306. The number of aromatic hydroxyl groups is 1. The van der Waals surface area contributed by atoms with Crippen molar-refractivity contribution in [1.29, 1.82) is 5.41 Å². The zero-order valence-electron chi connectivity index (χ0n) is 31.2. The van der Waals surface area contributed by atoms with Gasteiger partial charge < -0.3 is 20.5 Å². The second-order valence-corrected chi connectivity index (χ2v) is 16.3. The zero-order valence-corrected chi connectivity index (χ0v) is 32.8. The Morgan fingerprint density at radius 2 is 1.80 bits per heavy atom. The summed E-state index contributed by atoms with van der Waals surface area (Å²) in [5, 5.41) is 27.6. The first kappa shape index (κ1) is 42.0. The maximum absolute atomic E-state index is 15.5. The van der Waals surface area contributed by atoms with Crippen molar-refractivity contribution in [1.82, 2.24) is 34.4 Å². The number of hydrogen-bond donors (Lipinski definition) is 5. The lowest BCUT2D eigenvalue weighted by molar-refractivity contribution is -0.123. The molecule has 2 saturated carbocycles. The van der Waals surface area contributed by atoms with Crippen LogP contribution >= 0.6 is 23.5 Å². The van der Waals surface area contributed by atoms with Crippen molar-refractivity contribution in [3.8, 4) is 22.8 Å². The molecule has 12 nitrogen and oxygen atoms in total. The molecule has 3 unspecified atom stereocenters.